The Morgan fingerprint density at radius 2 is 1.85 bits per heavy atom. The fourth-order valence-electron chi connectivity index (χ4n) is 1.73. The molecule has 7 heteroatoms. The van der Waals surface area contributed by atoms with Gasteiger partial charge in [-0.05, 0) is 38.0 Å². The monoisotopic (exact) mass is 309 g/mol. The molecule has 20 heavy (non-hydrogen) atoms. The van der Waals surface area contributed by atoms with Crippen LogP contribution in [0.3, 0.4) is 0 Å². The van der Waals surface area contributed by atoms with Crippen molar-refractivity contribution in [2.45, 2.75) is 44.3 Å². The highest BCUT2D eigenvalue weighted by atomic mass is 32.2. The lowest BCUT2D eigenvalue weighted by Gasteiger charge is -2.23. The molecule has 0 aromatic heterocycles. The van der Waals surface area contributed by atoms with Crippen LogP contribution in [-0.4, -0.2) is 25.8 Å². The molecule has 1 atom stereocenters. The van der Waals surface area contributed by atoms with E-state index in [-0.39, 0.29) is 16.5 Å². The fourth-order valence-corrected chi connectivity index (χ4v) is 3.19. The number of nitrogens with zero attached hydrogens (tertiary/aromatic N) is 1. The Morgan fingerprint density at radius 1 is 1.30 bits per heavy atom. The molecule has 0 aliphatic carbocycles. The van der Waals surface area contributed by atoms with Crippen LogP contribution in [0.25, 0.3) is 0 Å². The molecule has 0 aliphatic heterocycles. The normalized spacial score (nSPS) is 14.6. The Hall–Kier alpha value is -1.08. The predicted molar refractivity (Wildman–Crippen MR) is 70.9 cm³/mol. The molecule has 1 aromatic rings. The van der Waals surface area contributed by atoms with Gasteiger partial charge in [0.25, 0.3) is 0 Å². The van der Waals surface area contributed by atoms with Crippen LogP contribution in [0.1, 0.15) is 31.4 Å². The number of hydrogen-bond acceptors (Lipinski definition) is 2. The number of sulfonamides is 1. The summed E-state index contributed by atoms with van der Waals surface area (Å²) in [6.07, 6.45) is -3.99. The first-order valence-corrected chi connectivity index (χ1v) is 7.61. The summed E-state index contributed by atoms with van der Waals surface area (Å²) in [5.41, 5.74) is -0.918. The van der Waals surface area contributed by atoms with Gasteiger partial charge in [0.1, 0.15) is 0 Å². The summed E-state index contributed by atoms with van der Waals surface area (Å²) >= 11 is 0. The first kappa shape index (κ1) is 17.0. The smallest absolute Gasteiger partial charge is 0.207 e. The molecule has 1 aromatic carbocycles. The minimum atomic E-state index is -4.56. The largest absolute Gasteiger partial charge is 0.416 e. The van der Waals surface area contributed by atoms with E-state index in [9.17, 15) is 21.6 Å². The zero-order chi connectivity index (χ0) is 15.7. The van der Waals surface area contributed by atoms with Crippen molar-refractivity contribution in [2.75, 3.05) is 7.05 Å². The van der Waals surface area contributed by atoms with Crippen LogP contribution in [0, 0.1) is 6.92 Å². The molecular weight excluding hydrogens is 291 g/mol. The molecule has 0 fully saturated rings. The molecule has 0 saturated carbocycles. The zero-order valence-electron chi connectivity index (χ0n) is 11.8. The SMILES string of the molecule is CCC(C)N(C)S(=O)(=O)c1ccc(C)c(C(F)(F)F)c1. The van der Waals surface area contributed by atoms with E-state index in [0.29, 0.717) is 12.5 Å². The maximum atomic E-state index is 12.8. The molecule has 0 radical (unpaired) electrons. The van der Waals surface area contributed by atoms with Gasteiger partial charge in [-0.15, -0.1) is 0 Å². The minimum Gasteiger partial charge on any atom is -0.207 e. The summed E-state index contributed by atoms with van der Waals surface area (Å²) in [6, 6.07) is 2.80. The Morgan fingerprint density at radius 3 is 2.30 bits per heavy atom. The Kier molecular flexibility index (Phi) is 4.86. The highest BCUT2D eigenvalue weighted by molar-refractivity contribution is 7.89. The van der Waals surface area contributed by atoms with Gasteiger partial charge in [0.15, 0.2) is 0 Å². The Bertz CT molecular complexity index is 582. The van der Waals surface area contributed by atoms with Gasteiger partial charge in [-0.3, -0.25) is 0 Å². The average molecular weight is 309 g/mol. The quantitative estimate of drug-likeness (QED) is 0.854. The van der Waals surface area contributed by atoms with Crippen LogP contribution >= 0.6 is 0 Å². The van der Waals surface area contributed by atoms with E-state index in [4.69, 9.17) is 0 Å². The van der Waals surface area contributed by atoms with Crippen molar-refractivity contribution in [1.29, 1.82) is 0 Å². The molecule has 114 valence electrons. The molecule has 0 aliphatic rings. The standard InChI is InChI=1S/C13H18F3NO2S/c1-5-10(3)17(4)20(18,19)11-7-6-9(2)12(8-11)13(14,15)16/h6-8,10H,5H2,1-4H3. The van der Waals surface area contributed by atoms with Gasteiger partial charge in [-0.25, -0.2) is 8.42 Å². The third-order valence-corrected chi connectivity index (χ3v) is 5.37. The van der Waals surface area contributed by atoms with Gasteiger partial charge >= 0.3 is 6.18 Å². The van der Waals surface area contributed by atoms with E-state index >= 15 is 0 Å². The van der Waals surface area contributed by atoms with Crippen molar-refractivity contribution >= 4 is 10.0 Å². The summed E-state index contributed by atoms with van der Waals surface area (Å²) in [5, 5.41) is 0. The molecular formula is C13H18F3NO2S. The summed E-state index contributed by atoms with van der Waals surface area (Å²) in [6.45, 7) is 4.82. The highest BCUT2D eigenvalue weighted by Crippen LogP contribution is 2.33. The van der Waals surface area contributed by atoms with Crippen molar-refractivity contribution in [3.05, 3.63) is 29.3 Å². The maximum Gasteiger partial charge on any atom is 0.416 e. The number of aryl methyl sites for hydroxylation is 1. The number of benzene rings is 1. The van der Waals surface area contributed by atoms with Crippen LogP contribution in [0.2, 0.25) is 0 Å². The topological polar surface area (TPSA) is 37.4 Å². The van der Waals surface area contributed by atoms with E-state index in [1.54, 1.807) is 6.92 Å². The van der Waals surface area contributed by atoms with Gasteiger partial charge < -0.3 is 0 Å². The van der Waals surface area contributed by atoms with Crippen molar-refractivity contribution < 1.29 is 21.6 Å². The van der Waals surface area contributed by atoms with E-state index in [1.165, 1.54) is 26.1 Å². The van der Waals surface area contributed by atoms with Crippen molar-refractivity contribution in [1.82, 2.24) is 4.31 Å². The summed E-state index contributed by atoms with van der Waals surface area (Å²) in [7, 11) is -2.54. The van der Waals surface area contributed by atoms with Crippen molar-refractivity contribution in [3.63, 3.8) is 0 Å². The molecule has 0 bridgehead atoms. The van der Waals surface area contributed by atoms with E-state index in [1.807, 2.05) is 6.92 Å². The Balaban J connectivity index is 3.34. The fraction of sp³-hybridized carbons (Fsp3) is 0.538. The number of alkyl halides is 3. The molecule has 3 nitrogen and oxygen atoms in total. The molecule has 0 N–H and O–H groups in total. The zero-order valence-corrected chi connectivity index (χ0v) is 12.6. The second kappa shape index (κ2) is 5.73. The molecule has 1 unspecified atom stereocenters. The van der Waals surface area contributed by atoms with Gasteiger partial charge in [-0.1, -0.05) is 13.0 Å². The van der Waals surface area contributed by atoms with Crippen molar-refractivity contribution in [2.24, 2.45) is 0 Å². The van der Waals surface area contributed by atoms with Crippen molar-refractivity contribution in [3.8, 4) is 0 Å². The van der Waals surface area contributed by atoms with Crippen LogP contribution in [-0.2, 0) is 16.2 Å². The molecule has 1 rings (SSSR count). The van der Waals surface area contributed by atoms with E-state index < -0.39 is 21.8 Å². The van der Waals surface area contributed by atoms with Crippen LogP contribution in [0.5, 0.6) is 0 Å². The Labute approximate surface area is 117 Å². The van der Waals surface area contributed by atoms with Gasteiger partial charge in [0.05, 0.1) is 10.5 Å². The van der Waals surface area contributed by atoms with E-state index in [2.05, 4.69) is 0 Å². The minimum absolute atomic E-state index is 0.00245. The molecule has 0 amide bonds. The first-order chi connectivity index (χ1) is 9.01. The van der Waals surface area contributed by atoms with Gasteiger partial charge in [0, 0.05) is 13.1 Å². The van der Waals surface area contributed by atoms with Crippen LogP contribution in [0.15, 0.2) is 23.1 Å². The summed E-state index contributed by atoms with van der Waals surface area (Å²) < 4.78 is 64.2. The molecule has 0 spiro atoms. The lowest BCUT2D eigenvalue weighted by Crippen LogP contribution is -2.34. The van der Waals surface area contributed by atoms with Gasteiger partial charge in [0.2, 0.25) is 10.0 Å². The lowest BCUT2D eigenvalue weighted by molar-refractivity contribution is -0.138. The maximum absolute atomic E-state index is 12.8. The highest BCUT2D eigenvalue weighted by Gasteiger charge is 2.34. The lowest BCUT2D eigenvalue weighted by atomic mass is 10.1. The van der Waals surface area contributed by atoms with Crippen LogP contribution in [0.4, 0.5) is 13.2 Å². The average Bonchev–Trinajstić information content (AvgIpc) is 2.35. The number of halogens is 3. The summed E-state index contributed by atoms with van der Waals surface area (Å²) in [5.74, 6) is 0. The van der Waals surface area contributed by atoms with Gasteiger partial charge in [-0.2, -0.15) is 17.5 Å². The first-order valence-electron chi connectivity index (χ1n) is 6.17. The third-order valence-electron chi connectivity index (χ3n) is 3.40. The third kappa shape index (κ3) is 3.32. The predicted octanol–water partition coefficient (Wildman–Crippen LogP) is 3.43. The molecule has 0 saturated heterocycles. The molecule has 0 heterocycles. The van der Waals surface area contributed by atoms with Crippen LogP contribution < -0.4 is 0 Å². The second-order valence-corrected chi connectivity index (χ2v) is 6.75. The number of hydrogen-bond donors (Lipinski definition) is 0. The second-order valence-electron chi connectivity index (χ2n) is 4.75. The van der Waals surface area contributed by atoms with E-state index in [0.717, 1.165) is 4.31 Å². The number of rotatable bonds is 4. The summed E-state index contributed by atoms with van der Waals surface area (Å²) in [4.78, 5) is -0.335.